The predicted octanol–water partition coefficient (Wildman–Crippen LogP) is 2.24. The molecule has 2 heterocycles. The van der Waals surface area contributed by atoms with Gasteiger partial charge in [0.05, 0.1) is 17.0 Å². The summed E-state index contributed by atoms with van der Waals surface area (Å²) in [4.78, 5) is 24.2. The average molecular weight is 400 g/mol. The van der Waals surface area contributed by atoms with E-state index in [1.165, 1.54) is 11.8 Å². The Bertz CT molecular complexity index is 1010. The number of aromatic nitrogens is 2. The maximum Gasteiger partial charge on any atom is 0.227 e. The quantitative estimate of drug-likeness (QED) is 0.791. The second-order valence-corrected chi connectivity index (χ2v) is 10.1. The third-order valence-electron chi connectivity index (χ3n) is 6.00. The molecule has 148 valence electrons. The minimum absolute atomic E-state index is 0.0446. The molecule has 1 saturated heterocycles. The summed E-state index contributed by atoms with van der Waals surface area (Å²) in [7, 11) is -3.22. The molecule has 1 unspecified atom stereocenters. The Morgan fingerprint density at radius 1 is 1.21 bits per heavy atom. The zero-order chi connectivity index (χ0) is 19.9. The topological polar surface area (TPSA) is 80.2 Å². The lowest BCUT2D eigenvalue weighted by Gasteiger charge is -2.40. The van der Waals surface area contributed by atoms with E-state index in [4.69, 9.17) is 4.98 Å². The van der Waals surface area contributed by atoms with Crippen molar-refractivity contribution in [1.82, 2.24) is 14.9 Å². The van der Waals surface area contributed by atoms with Gasteiger partial charge in [0.1, 0.15) is 5.82 Å². The minimum atomic E-state index is -3.22. The minimum Gasteiger partial charge on any atom is -0.341 e. The van der Waals surface area contributed by atoms with E-state index in [-0.39, 0.29) is 22.6 Å². The molecule has 1 spiro atoms. The Morgan fingerprint density at radius 2 is 1.96 bits per heavy atom. The smallest absolute Gasteiger partial charge is 0.227 e. The lowest BCUT2D eigenvalue weighted by atomic mass is 9.77. The fourth-order valence-corrected chi connectivity index (χ4v) is 5.14. The van der Waals surface area contributed by atoms with Crippen molar-refractivity contribution in [2.75, 3.05) is 19.3 Å². The van der Waals surface area contributed by atoms with Crippen LogP contribution in [0.1, 0.15) is 41.9 Å². The number of nitrogens with zero attached hydrogens (tertiary/aromatic N) is 3. The lowest BCUT2D eigenvalue weighted by molar-refractivity contribution is -0.132. The normalized spacial score (nSPS) is 21.7. The molecule has 0 N–H and O–H groups in total. The van der Waals surface area contributed by atoms with E-state index < -0.39 is 9.84 Å². The van der Waals surface area contributed by atoms with Crippen LogP contribution in [-0.4, -0.2) is 48.5 Å². The van der Waals surface area contributed by atoms with Gasteiger partial charge in [0.2, 0.25) is 5.91 Å². The molecule has 2 aliphatic rings. The highest BCUT2D eigenvalue weighted by molar-refractivity contribution is 7.90. The molecule has 0 bridgehead atoms. The van der Waals surface area contributed by atoms with E-state index in [0.29, 0.717) is 6.54 Å². The maximum atomic E-state index is 12.9. The van der Waals surface area contributed by atoms with E-state index in [1.807, 2.05) is 18.0 Å². The number of hydrogen-bond acceptors (Lipinski definition) is 5. The number of sulfone groups is 1. The molecule has 1 amide bonds. The summed E-state index contributed by atoms with van der Waals surface area (Å²) < 4.78 is 23.2. The second-order valence-electron chi connectivity index (χ2n) is 8.08. The molecule has 1 fully saturated rings. The Hall–Kier alpha value is -2.28. The van der Waals surface area contributed by atoms with Crippen molar-refractivity contribution in [3.05, 3.63) is 53.1 Å². The SMILES string of the molecule is Cc1ncc2c(n1)C1(CCCN(C(=O)Cc3ccc(S(C)(=O)=O)cc3)C1)CC2. The van der Waals surface area contributed by atoms with Gasteiger partial charge in [-0.1, -0.05) is 12.1 Å². The number of hydrogen-bond donors (Lipinski definition) is 0. The summed E-state index contributed by atoms with van der Waals surface area (Å²) in [5.41, 5.74) is 3.14. The van der Waals surface area contributed by atoms with Crippen LogP contribution in [-0.2, 0) is 32.9 Å². The van der Waals surface area contributed by atoms with E-state index in [2.05, 4.69) is 4.98 Å². The van der Waals surface area contributed by atoms with Crippen LogP contribution in [0.4, 0.5) is 0 Å². The van der Waals surface area contributed by atoms with Crippen molar-refractivity contribution in [2.24, 2.45) is 0 Å². The van der Waals surface area contributed by atoms with Gasteiger partial charge in [0, 0.05) is 31.0 Å². The van der Waals surface area contributed by atoms with Gasteiger partial charge in [0.25, 0.3) is 0 Å². The number of rotatable bonds is 3. The Labute approximate surface area is 165 Å². The number of amides is 1. The van der Waals surface area contributed by atoms with Crippen molar-refractivity contribution in [2.45, 2.75) is 49.3 Å². The van der Waals surface area contributed by atoms with Crippen LogP contribution in [0.3, 0.4) is 0 Å². The summed E-state index contributed by atoms with van der Waals surface area (Å²) in [6, 6.07) is 6.61. The first-order valence-electron chi connectivity index (χ1n) is 9.67. The van der Waals surface area contributed by atoms with Crippen molar-refractivity contribution in [3.8, 4) is 0 Å². The van der Waals surface area contributed by atoms with E-state index >= 15 is 0 Å². The van der Waals surface area contributed by atoms with Crippen LogP contribution in [0.25, 0.3) is 0 Å². The van der Waals surface area contributed by atoms with Crippen LogP contribution in [0.5, 0.6) is 0 Å². The van der Waals surface area contributed by atoms with Crippen LogP contribution >= 0.6 is 0 Å². The van der Waals surface area contributed by atoms with Gasteiger partial charge in [0.15, 0.2) is 9.84 Å². The lowest BCUT2D eigenvalue weighted by Crippen LogP contribution is -2.48. The van der Waals surface area contributed by atoms with Crippen molar-refractivity contribution in [3.63, 3.8) is 0 Å². The number of carbonyl (C=O) groups is 1. The Balaban J connectivity index is 1.50. The summed E-state index contributed by atoms with van der Waals surface area (Å²) in [6.45, 7) is 3.39. The fourth-order valence-electron chi connectivity index (χ4n) is 4.51. The van der Waals surface area contributed by atoms with Gasteiger partial charge >= 0.3 is 0 Å². The number of likely N-dealkylation sites (tertiary alicyclic amines) is 1. The molecule has 28 heavy (non-hydrogen) atoms. The molecule has 1 aromatic heterocycles. The van der Waals surface area contributed by atoms with Gasteiger partial charge in [-0.15, -0.1) is 0 Å². The van der Waals surface area contributed by atoms with E-state index in [0.717, 1.165) is 49.3 Å². The van der Waals surface area contributed by atoms with Crippen LogP contribution in [0.15, 0.2) is 35.4 Å². The molecule has 1 aliphatic heterocycles. The standard InChI is InChI=1S/C21H25N3O3S/c1-15-22-13-17-8-10-21(20(17)23-15)9-3-11-24(14-21)19(25)12-16-4-6-18(7-5-16)28(2,26)27/h4-7,13H,3,8-12,14H2,1-2H3. The third kappa shape index (κ3) is 3.55. The fraction of sp³-hybridized carbons (Fsp3) is 0.476. The van der Waals surface area contributed by atoms with Gasteiger partial charge in [-0.2, -0.15) is 0 Å². The molecule has 7 heteroatoms. The molecular formula is C21H25N3O3S. The molecule has 6 nitrogen and oxygen atoms in total. The number of fused-ring (bicyclic) bond motifs is 2. The van der Waals surface area contributed by atoms with Gasteiger partial charge < -0.3 is 4.90 Å². The van der Waals surface area contributed by atoms with Crippen LogP contribution in [0, 0.1) is 6.92 Å². The summed E-state index contributed by atoms with van der Waals surface area (Å²) in [5, 5.41) is 0. The van der Waals surface area contributed by atoms with Crippen molar-refractivity contribution in [1.29, 1.82) is 0 Å². The van der Waals surface area contributed by atoms with Crippen LogP contribution in [0.2, 0.25) is 0 Å². The highest BCUT2D eigenvalue weighted by Crippen LogP contribution is 2.43. The van der Waals surface area contributed by atoms with Crippen LogP contribution < -0.4 is 0 Å². The molecule has 0 saturated carbocycles. The van der Waals surface area contributed by atoms with E-state index in [9.17, 15) is 13.2 Å². The Kier molecular flexibility index (Phi) is 4.73. The molecule has 1 aliphatic carbocycles. The second kappa shape index (κ2) is 6.95. The number of benzene rings is 1. The highest BCUT2D eigenvalue weighted by Gasteiger charge is 2.44. The van der Waals surface area contributed by atoms with Crippen molar-refractivity contribution < 1.29 is 13.2 Å². The molecule has 1 aromatic carbocycles. The zero-order valence-electron chi connectivity index (χ0n) is 16.3. The molecule has 2 aromatic rings. The third-order valence-corrected chi connectivity index (χ3v) is 7.13. The zero-order valence-corrected chi connectivity index (χ0v) is 17.1. The number of piperidine rings is 1. The van der Waals surface area contributed by atoms with Gasteiger partial charge in [-0.05, 0) is 55.9 Å². The number of aryl methyl sites for hydroxylation is 2. The molecule has 0 radical (unpaired) electrons. The first-order chi connectivity index (χ1) is 13.3. The number of carbonyl (C=O) groups excluding carboxylic acids is 1. The molecular weight excluding hydrogens is 374 g/mol. The maximum absolute atomic E-state index is 12.9. The summed E-state index contributed by atoms with van der Waals surface area (Å²) in [5.74, 6) is 0.875. The largest absolute Gasteiger partial charge is 0.341 e. The Morgan fingerprint density at radius 3 is 2.68 bits per heavy atom. The monoisotopic (exact) mass is 399 g/mol. The average Bonchev–Trinajstić information content (AvgIpc) is 2.99. The summed E-state index contributed by atoms with van der Waals surface area (Å²) >= 11 is 0. The first-order valence-corrected chi connectivity index (χ1v) is 11.6. The first kappa shape index (κ1) is 19.1. The molecule has 1 atom stereocenters. The molecule has 4 rings (SSSR count). The van der Waals surface area contributed by atoms with Gasteiger partial charge in [-0.3, -0.25) is 4.79 Å². The predicted molar refractivity (Wildman–Crippen MR) is 106 cm³/mol. The van der Waals surface area contributed by atoms with Gasteiger partial charge in [-0.25, -0.2) is 18.4 Å². The summed E-state index contributed by atoms with van der Waals surface area (Å²) in [6.07, 6.45) is 7.44. The van der Waals surface area contributed by atoms with E-state index in [1.54, 1.807) is 24.3 Å². The highest BCUT2D eigenvalue weighted by atomic mass is 32.2. The van der Waals surface area contributed by atoms with Crippen molar-refractivity contribution >= 4 is 15.7 Å².